The van der Waals surface area contributed by atoms with Gasteiger partial charge in [0.1, 0.15) is 0 Å². The van der Waals surface area contributed by atoms with Crippen molar-refractivity contribution < 1.29 is 9.59 Å². The van der Waals surface area contributed by atoms with Crippen LogP contribution >= 0.6 is 0 Å². The van der Waals surface area contributed by atoms with E-state index in [0.29, 0.717) is 17.7 Å². The molecule has 0 radical (unpaired) electrons. The van der Waals surface area contributed by atoms with E-state index in [4.69, 9.17) is 0 Å². The van der Waals surface area contributed by atoms with Crippen molar-refractivity contribution in [2.45, 2.75) is 45.2 Å². The van der Waals surface area contributed by atoms with E-state index in [-0.39, 0.29) is 17.9 Å². The Balaban J connectivity index is 1.74. The second-order valence-corrected chi connectivity index (χ2v) is 7.17. The first kappa shape index (κ1) is 19.1. The molecule has 1 aliphatic heterocycles. The zero-order valence-electron chi connectivity index (χ0n) is 16.1. The maximum absolute atomic E-state index is 13.0. The minimum atomic E-state index is -0.133. The molecule has 1 aromatic carbocycles. The normalized spacial score (nSPS) is 16.8. The van der Waals surface area contributed by atoms with E-state index in [1.165, 1.54) is 12.6 Å². The Bertz CT molecular complexity index is 791. The van der Waals surface area contributed by atoms with Gasteiger partial charge in [-0.2, -0.15) is 0 Å². The number of piperidine rings is 1. The highest BCUT2D eigenvalue weighted by atomic mass is 16.2. The Morgan fingerprint density at radius 3 is 2.63 bits per heavy atom. The van der Waals surface area contributed by atoms with Gasteiger partial charge in [-0.3, -0.25) is 14.6 Å². The Hall–Kier alpha value is -2.69. The Morgan fingerprint density at radius 2 is 1.89 bits per heavy atom. The number of hydrogen-bond donors (Lipinski definition) is 0. The van der Waals surface area contributed by atoms with Crippen molar-refractivity contribution in [2.24, 2.45) is 0 Å². The van der Waals surface area contributed by atoms with Gasteiger partial charge in [-0.05, 0) is 37.3 Å². The molecule has 0 saturated carbocycles. The van der Waals surface area contributed by atoms with Crippen molar-refractivity contribution >= 4 is 11.8 Å². The summed E-state index contributed by atoms with van der Waals surface area (Å²) in [5.74, 6) is -0.152. The first-order valence-corrected chi connectivity index (χ1v) is 9.65. The second-order valence-electron chi connectivity index (χ2n) is 7.17. The topological polar surface area (TPSA) is 53.5 Å². The van der Waals surface area contributed by atoms with Gasteiger partial charge >= 0.3 is 0 Å². The van der Waals surface area contributed by atoms with Crippen LogP contribution in [0.3, 0.4) is 0 Å². The van der Waals surface area contributed by atoms with Gasteiger partial charge in [0, 0.05) is 38.6 Å². The first-order valence-electron chi connectivity index (χ1n) is 9.65. The maximum atomic E-state index is 13.0. The highest BCUT2D eigenvalue weighted by Crippen LogP contribution is 2.22. The van der Waals surface area contributed by atoms with Crippen LogP contribution < -0.4 is 0 Å². The summed E-state index contributed by atoms with van der Waals surface area (Å²) >= 11 is 0. The Kier molecular flexibility index (Phi) is 6.22. The Morgan fingerprint density at radius 1 is 1.15 bits per heavy atom. The molecule has 5 nitrogen and oxygen atoms in total. The summed E-state index contributed by atoms with van der Waals surface area (Å²) < 4.78 is 0. The largest absolute Gasteiger partial charge is 0.337 e. The SMILES string of the molecule is CCC1CCCCN1C(=O)c1cncc(C(=O)N(C)Cc2ccccc2)c1. The third kappa shape index (κ3) is 4.54. The van der Waals surface area contributed by atoms with Crippen LogP contribution in [0.15, 0.2) is 48.8 Å². The van der Waals surface area contributed by atoms with E-state index in [9.17, 15) is 9.59 Å². The molecule has 1 fully saturated rings. The maximum Gasteiger partial charge on any atom is 0.255 e. The number of rotatable bonds is 5. The highest BCUT2D eigenvalue weighted by Gasteiger charge is 2.27. The van der Waals surface area contributed by atoms with Gasteiger partial charge in [0.25, 0.3) is 11.8 Å². The number of benzene rings is 1. The summed E-state index contributed by atoms with van der Waals surface area (Å²) in [6.07, 6.45) is 7.31. The molecule has 0 spiro atoms. The molecule has 5 heteroatoms. The van der Waals surface area contributed by atoms with Gasteiger partial charge in [0.2, 0.25) is 0 Å². The zero-order chi connectivity index (χ0) is 19.2. The van der Waals surface area contributed by atoms with Crippen LogP contribution in [0, 0.1) is 0 Å². The predicted octanol–water partition coefficient (Wildman–Crippen LogP) is 3.76. The predicted molar refractivity (Wildman–Crippen MR) is 105 cm³/mol. The van der Waals surface area contributed by atoms with Crippen molar-refractivity contribution in [2.75, 3.05) is 13.6 Å². The third-order valence-corrected chi connectivity index (χ3v) is 5.20. The van der Waals surface area contributed by atoms with E-state index in [1.807, 2.05) is 35.2 Å². The lowest BCUT2D eigenvalue weighted by Gasteiger charge is -2.35. The lowest BCUT2D eigenvalue weighted by atomic mass is 9.99. The number of nitrogens with zero attached hydrogens (tertiary/aromatic N) is 3. The van der Waals surface area contributed by atoms with Gasteiger partial charge in [-0.1, -0.05) is 37.3 Å². The summed E-state index contributed by atoms with van der Waals surface area (Å²) in [4.78, 5) is 33.5. The molecular formula is C22H27N3O2. The summed E-state index contributed by atoms with van der Waals surface area (Å²) in [5.41, 5.74) is 2.01. The lowest BCUT2D eigenvalue weighted by molar-refractivity contribution is 0.0607. The van der Waals surface area contributed by atoms with Crippen molar-refractivity contribution in [3.63, 3.8) is 0 Å². The average Bonchev–Trinajstić information content (AvgIpc) is 2.73. The Labute approximate surface area is 161 Å². The lowest BCUT2D eigenvalue weighted by Crippen LogP contribution is -2.43. The molecule has 3 rings (SSSR count). The van der Waals surface area contributed by atoms with Crippen molar-refractivity contribution in [1.29, 1.82) is 0 Å². The smallest absolute Gasteiger partial charge is 0.255 e. The minimum absolute atomic E-state index is 0.0191. The fourth-order valence-electron chi connectivity index (χ4n) is 3.68. The molecule has 27 heavy (non-hydrogen) atoms. The fraction of sp³-hybridized carbons (Fsp3) is 0.409. The van der Waals surface area contributed by atoms with Crippen molar-refractivity contribution in [3.05, 3.63) is 65.5 Å². The number of aromatic nitrogens is 1. The molecule has 2 aromatic rings. The molecule has 142 valence electrons. The first-order chi connectivity index (χ1) is 13.1. The van der Waals surface area contributed by atoms with E-state index >= 15 is 0 Å². The quantitative estimate of drug-likeness (QED) is 0.811. The molecule has 0 bridgehead atoms. The van der Waals surface area contributed by atoms with E-state index in [2.05, 4.69) is 11.9 Å². The highest BCUT2D eigenvalue weighted by molar-refractivity contribution is 5.99. The molecule has 0 N–H and O–H groups in total. The van der Waals surface area contributed by atoms with Gasteiger partial charge in [0.15, 0.2) is 0 Å². The molecule has 1 aliphatic rings. The second kappa shape index (κ2) is 8.80. The number of carbonyl (C=O) groups excluding carboxylic acids is 2. The zero-order valence-corrected chi connectivity index (χ0v) is 16.1. The molecule has 2 heterocycles. The molecule has 1 atom stereocenters. The van der Waals surface area contributed by atoms with E-state index in [0.717, 1.165) is 31.4 Å². The molecular weight excluding hydrogens is 338 g/mol. The molecule has 0 aliphatic carbocycles. The number of likely N-dealkylation sites (tertiary alicyclic amines) is 1. The standard InChI is InChI=1S/C22H27N3O2/c1-3-20-11-7-8-12-25(20)22(27)19-13-18(14-23-15-19)21(26)24(2)16-17-9-5-4-6-10-17/h4-6,9-10,13-15,20H,3,7-8,11-12,16H2,1-2H3. The number of hydrogen-bond acceptors (Lipinski definition) is 3. The average molecular weight is 365 g/mol. The fourth-order valence-corrected chi connectivity index (χ4v) is 3.68. The van der Waals surface area contributed by atoms with Crippen LogP contribution in [-0.2, 0) is 6.54 Å². The summed E-state index contributed by atoms with van der Waals surface area (Å²) in [6.45, 7) is 3.41. The van der Waals surface area contributed by atoms with Crippen LogP contribution in [0.25, 0.3) is 0 Å². The van der Waals surface area contributed by atoms with Crippen LogP contribution in [0.1, 0.15) is 58.9 Å². The molecule has 1 unspecified atom stereocenters. The van der Waals surface area contributed by atoms with Gasteiger partial charge < -0.3 is 9.80 Å². The van der Waals surface area contributed by atoms with Crippen LogP contribution in [0.5, 0.6) is 0 Å². The third-order valence-electron chi connectivity index (χ3n) is 5.20. The van der Waals surface area contributed by atoms with Crippen LogP contribution in [0.4, 0.5) is 0 Å². The monoisotopic (exact) mass is 365 g/mol. The minimum Gasteiger partial charge on any atom is -0.337 e. The molecule has 1 saturated heterocycles. The number of amides is 2. The summed E-state index contributed by atoms with van der Waals surface area (Å²) in [5, 5.41) is 0. The number of pyridine rings is 1. The van der Waals surface area contributed by atoms with Gasteiger partial charge in [-0.15, -0.1) is 0 Å². The molecule has 1 aromatic heterocycles. The van der Waals surface area contributed by atoms with Crippen molar-refractivity contribution in [1.82, 2.24) is 14.8 Å². The molecule has 2 amide bonds. The summed E-state index contributed by atoms with van der Waals surface area (Å²) in [6, 6.07) is 11.8. The van der Waals surface area contributed by atoms with Crippen LogP contribution in [-0.4, -0.2) is 46.2 Å². The van der Waals surface area contributed by atoms with Gasteiger partial charge in [0.05, 0.1) is 11.1 Å². The van der Waals surface area contributed by atoms with Crippen molar-refractivity contribution in [3.8, 4) is 0 Å². The summed E-state index contributed by atoms with van der Waals surface area (Å²) in [7, 11) is 1.77. The van der Waals surface area contributed by atoms with Gasteiger partial charge in [-0.25, -0.2) is 0 Å². The van der Waals surface area contributed by atoms with Crippen LogP contribution in [0.2, 0.25) is 0 Å². The van der Waals surface area contributed by atoms with E-state index in [1.54, 1.807) is 24.2 Å². The van der Waals surface area contributed by atoms with E-state index < -0.39 is 0 Å². The number of carbonyl (C=O) groups is 2.